The maximum absolute atomic E-state index is 12.5. The number of carbonyl (C=O) groups excluding carboxylic acids is 4. The van der Waals surface area contributed by atoms with Crippen LogP contribution < -0.4 is 10.6 Å². The van der Waals surface area contributed by atoms with Crippen molar-refractivity contribution in [1.82, 2.24) is 15.1 Å². The normalized spacial score (nSPS) is 16.8. The molecule has 3 amide bonds. The molecule has 1 aliphatic heterocycles. The van der Waals surface area contributed by atoms with Crippen molar-refractivity contribution in [1.29, 1.82) is 0 Å². The number of nitrogens with one attached hydrogen (secondary N) is 2. The molecule has 0 saturated carbocycles. The van der Waals surface area contributed by atoms with Crippen LogP contribution in [-0.4, -0.2) is 79.9 Å². The van der Waals surface area contributed by atoms with Crippen molar-refractivity contribution < 1.29 is 23.9 Å². The second kappa shape index (κ2) is 9.84. The molecule has 1 aromatic carbocycles. The van der Waals surface area contributed by atoms with Crippen molar-refractivity contribution >= 4 is 29.4 Å². The Bertz CT molecular complexity index is 734. The lowest BCUT2D eigenvalue weighted by Gasteiger charge is -2.34. The number of ether oxygens (including phenoxy) is 1. The minimum atomic E-state index is -0.764. The van der Waals surface area contributed by atoms with Gasteiger partial charge in [-0.1, -0.05) is 17.7 Å². The first-order valence-corrected chi connectivity index (χ1v) is 8.99. The van der Waals surface area contributed by atoms with Gasteiger partial charge in [-0.15, -0.1) is 0 Å². The van der Waals surface area contributed by atoms with E-state index in [0.29, 0.717) is 18.8 Å². The summed E-state index contributed by atoms with van der Waals surface area (Å²) in [6.45, 7) is 2.59. The average Bonchev–Trinajstić information content (AvgIpc) is 2.66. The van der Waals surface area contributed by atoms with E-state index in [9.17, 15) is 19.2 Å². The summed E-state index contributed by atoms with van der Waals surface area (Å²) < 4.78 is 4.62. The number of likely N-dealkylation sites (N-methyl/N-ethyl adjacent to an activating group) is 1. The van der Waals surface area contributed by atoms with Crippen LogP contribution in [0, 0.1) is 6.92 Å². The van der Waals surface area contributed by atoms with Crippen molar-refractivity contribution in [2.45, 2.75) is 19.4 Å². The molecular formula is C19H26N4O5. The largest absolute Gasteiger partial charge is 0.469 e. The van der Waals surface area contributed by atoms with Gasteiger partial charge in [-0.2, -0.15) is 0 Å². The zero-order valence-corrected chi connectivity index (χ0v) is 16.4. The number of anilines is 1. The standard InChI is InChI=1S/C19H26N4O5/c1-13-4-6-14(7-5-13)21-16(24)11-22(2)17(25)12-23-9-8-20-19(27)15(23)10-18(26)28-3/h4-7,15H,8-12H2,1-3H3,(H,20,27)(H,21,24)/t15-/m1/s1. The van der Waals surface area contributed by atoms with Crippen molar-refractivity contribution in [3.63, 3.8) is 0 Å². The molecule has 0 spiro atoms. The molecule has 2 N–H and O–H groups in total. The SMILES string of the molecule is COC(=O)C[C@@H]1C(=O)NCCN1CC(=O)N(C)CC(=O)Nc1ccc(C)cc1. The predicted molar refractivity (Wildman–Crippen MR) is 102 cm³/mol. The van der Waals surface area contributed by atoms with Gasteiger partial charge in [0.15, 0.2) is 0 Å². The molecule has 0 bridgehead atoms. The lowest BCUT2D eigenvalue weighted by molar-refractivity contribution is -0.147. The Hall–Kier alpha value is -2.94. The lowest BCUT2D eigenvalue weighted by Crippen LogP contribution is -2.58. The van der Waals surface area contributed by atoms with Crippen LogP contribution in [0.5, 0.6) is 0 Å². The first kappa shape index (κ1) is 21.4. The second-order valence-corrected chi connectivity index (χ2v) is 6.72. The molecule has 2 rings (SSSR count). The number of carbonyl (C=O) groups is 4. The summed E-state index contributed by atoms with van der Waals surface area (Å²) >= 11 is 0. The van der Waals surface area contributed by atoms with E-state index in [0.717, 1.165) is 5.56 Å². The highest BCUT2D eigenvalue weighted by atomic mass is 16.5. The molecule has 1 atom stereocenters. The monoisotopic (exact) mass is 390 g/mol. The minimum Gasteiger partial charge on any atom is -0.469 e. The van der Waals surface area contributed by atoms with Gasteiger partial charge in [-0.05, 0) is 19.1 Å². The summed E-state index contributed by atoms with van der Waals surface area (Å²) in [5.74, 6) is -1.47. The van der Waals surface area contributed by atoms with Crippen LogP contribution in [0.25, 0.3) is 0 Å². The van der Waals surface area contributed by atoms with Crippen LogP contribution in [0.1, 0.15) is 12.0 Å². The number of aryl methyl sites for hydroxylation is 1. The molecule has 9 nitrogen and oxygen atoms in total. The number of piperazine rings is 1. The first-order chi connectivity index (χ1) is 13.3. The summed E-state index contributed by atoms with van der Waals surface area (Å²) in [4.78, 5) is 51.2. The molecule has 0 radical (unpaired) electrons. The van der Waals surface area contributed by atoms with E-state index in [1.807, 2.05) is 19.1 Å². The van der Waals surface area contributed by atoms with Gasteiger partial charge < -0.3 is 20.3 Å². The molecule has 1 aliphatic rings. The fraction of sp³-hybridized carbons (Fsp3) is 0.474. The fourth-order valence-corrected chi connectivity index (χ4v) is 2.85. The van der Waals surface area contributed by atoms with Gasteiger partial charge in [-0.25, -0.2) is 0 Å². The number of rotatable bonds is 7. The smallest absolute Gasteiger partial charge is 0.307 e. The summed E-state index contributed by atoms with van der Waals surface area (Å²) in [6.07, 6.45) is -0.132. The minimum absolute atomic E-state index is 0.0661. The number of hydrogen-bond acceptors (Lipinski definition) is 6. The molecule has 152 valence electrons. The van der Waals surface area contributed by atoms with Crippen LogP contribution >= 0.6 is 0 Å². The van der Waals surface area contributed by atoms with Crippen molar-refractivity contribution in [3.8, 4) is 0 Å². The first-order valence-electron chi connectivity index (χ1n) is 8.99. The van der Waals surface area contributed by atoms with Gasteiger partial charge in [0.25, 0.3) is 0 Å². The third-order valence-corrected chi connectivity index (χ3v) is 4.51. The molecule has 28 heavy (non-hydrogen) atoms. The zero-order chi connectivity index (χ0) is 20.7. The van der Waals surface area contributed by atoms with E-state index in [2.05, 4.69) is 15.4 Å². The average molecular weight is 390 g/mol. The molecular weight excluding hydrogens is 364 g/mol. The number of benzene rings is 1. The molecule has 1 fully saturated rings. The van der Waals surface area contributed by atoms with Gasteiger partial charge in [0.2, 0.25) is 17.7 Å². The Labute approximate surface area is 164 Å². The molecule has 0 aliphatic carbocycles. The van der Waals surface area contributed by atoms with Gasteiger partial charge >= 0.3 is 5.97 Å². The lowest BCUT2D eigenvalue weighted by atomic mass is 10.1. The zero-order valence-electron chi connectivity index (χ0n) is 16.4. The molecule has 1 heterocycles. The van der Waals surface area contributed by atoms with Gasteiger partial charge in [0, 0.05) is 25.8 Å². The maximum Gasteiger partial charge on any atom is 0.307 e. The van der Waals surface area contributed by atoms with E-state index in [1.165, 1.54) is 19.1 Å². The number of nitrogens with zero attached hydrogens (tertiary/aromatic N) is 2. The highest BCUT2D eigenvalue weighted by molar-refractivity contribution is 5.95. The Morgan fingerprint density at radius 3 is 2.61 bits per heavy atom. The summed E-state index contributed by atoms with van der Waals surface area (Å²) in [7, 11) is 2.77. The highest BCUT2D eigenvalue weighted by Crippen LogP contribution is 2.11. The summed E-state index contributed by atoms with van der Waals surface area (Å²) in [5.41, 5.74) is 1.74. The Morgan fingerprint density at radius 1 is 1.29 bits per heavy atom. The van der Waals surface area contributed by atoms with E-state index < -0.39 is 12.0 Å². The van der Waals surface area contributed by atoms with Gasteiger partial charge in [0.05, 0.1) is 26.6 Å². The molecule has 1 aromatic rings. The third-order valence-electron chi connectivity index (χ3n) is 4.51. The molecule has 0 unspecified atom stereocenters. The topological polar surface area (TPSA) is 108 Å². The third kappa shape index (κ3) is 6.05. The highest BCUT2D eigenvalue weighted by Gasteiger charge is 2.33. The van der Waals surface area contributed by atoms with Gasteiger partial charge in [0.1, 0.15) is 6.04 Å². The summed E-state index contributed by atoms with van der Waals surface area (Å²) in [6, 6.07) is 6.58. The number of methoxy groups -OCH3 is 1. The summed E-state index contributed by atoms with van der Waals surface area (Å²) in [5, 5.41) is 5.42. The van der Waals surface area contributed by atoms with Crippen LogP contribution in [-0.2, 0) is 23.9 Å². The number of esters is 1. The van der Waals surface area contributed by atoms with Crippen LogP contribution in [0.2, 0.25) is 0 Å². The van der Waals surface area contributed by atoms with Crippen LogP contribution in [0.4, 0.5) is 5.69 Å². The van der Waals surface area contributed by atoms with E-state index in [1.54, 1.807) is 17.0 Å². The van der Waals surface area contributed by atoms with E-state index >= 15 is 0 Å². The maximum atomic E-state index is 12.5. The Kier molecular flexibility index (Phi) is 7.51. The quantitative estimate of drug-likeness (QED) is 0.622. The van der Waals surface area contributed by atoms with Gasteiger partial charge in [-0.3, -0.25) is 24.1 Å². The Morgan fingerprint density at radius 2 is 1.96 bits per heavy atom. The van der Waals surface area contributed by atoms with Crippen molar-refractivity contribution in [2.75, 3.05) is 45.7 Å². The van der Waals surface area contributed by atoms with Crippen LogP contribution in [0.15, 0.2) is 24.3 Å². The van der Waals surface area contributed by atoms with Crippen LogP contribution in [0.3, 0.4) is 0 Å². The van der Waals surface area contributed by atoms with Crippen molar-refractivity contribution in [2.24, 2.45) is 0 Å². The molecule has 0 aromatic heterocycles. The predicted octanol–water partition coefficient (Wildman–Crippen LogP) is -0.245. The molecule has 1 saturated heterocycles. The number of hydrogen-bond donors (Lipinski definition) is 2. The van der Waals surface area contributed by atoms with Crippen molar-refractivity contribution in [3.05, 3.63) is 29.8 Å². The number of amides is 3. The second-order valence-electron chi connectivity index (χ2n) is 6.72. The van der Waals surface area contributed by atoms with E-state index in [-0.39, 0.29) is 37.2 Å². The molecule has 9 heteroatoms. The fourth-order valence-electron chi connectivity index (χ4n) is 2.85. The Balaban J connectivity index is 1.90. The van der Waals surface area contributed by atoms with E-state index in [4.69, 9.17) is 0 Å².